The number of ketones is 2. The molecule has 0 aromatic heterocycles. The van der Waals surface area contributed by atoms with E-state index in [0.29, 0.717) is 19.4 Å². The van der Waals surface area contributed by atoms with Crippen molar-refractivity contribution in [1.82, 2.24) is 15.5 Å². The first-order valence-electron chi connectivity index (χ1n) is 13.9. The monoisotopic (exact) mass is 519 g/mol. The average molecular weight is 520 g/mol. The number of nitrogens with zero attached hydrogens (tertiary/aromatic N) is 1. The molecule has 0 unspecified atom stereocenters. The predicted octanol–water partition coefficient (Wildman–Crippen LogP) is 3.53. The number of piperidine rings is 1. The summed E-state index contributed by atoms with van der Waals surface area (Å²) in [6, 6.07) is -2.43. The Morgan fingerprint density at radius 3 is 2.11 bits per heavy atom. The van der Waals surface area contributed by atoms with Crippen LogP contribution in [0.25, 0.3) is 0 Å². The molecule has 0 aromatic rings. The molecule has 9 nitrogen and oxygen atoms in total. The lowest BCUT2D eigenvalue weighted by molar-refractivity contribution is -0.143. The van der Waals surface area contributed by atoms with Gasteiger partial charge in [-0.2, -0.15) is 0 Å². The zero-order chi connectivity index (χ0) is 27.5. The SMILES string of the molecule is CC(=O)C(=O)[C@@H]1CCCCCCCCC[C@H](NC(=O)OC(C)(C)C)C(=O)N2C[C@H]3[C@@H]([C@H]2C(=O)N1)C3(C)C. The highest BCUT2D eigenvalue weighted by Gasteiger charge is 2.69. The molecule has 5 atom stereocenters. The van der Waals surface area contributed by atoms with E-state index in [1.807, 2.05) is 0 Å². The third-order valence-corrected chi connectivity index (χ3v) is 8.21. The van der Waals surface area contributed by atoms with E-state index in [4.69, 9.17) is 4.74 Å². The Hall–Kier alpha value is -2.45. The molecule has 37 heavy (non-hydrogen) atoms. The van der Waals surface area contributed by atoms with E-state index in [1.54, 1.807) is 25.7 Å². The van der Waals surface area contributed by atoms with E-state index >= 15 is 0 Å². The van der Waals surface area contributed by atoms with Crippen LogP contribution in [-0.4, -0.2) is 64.6 Å². The molecular weight excluding hydrogens is 474 g/mol. The van der Waals surface area contributed by atoms with Crippen molar-refractivity contribution in [2.24, 2.45) is 17.3 Å². The van der Waals surface area contributed by atoms with Gasteiger partial charge in [-0.1, -0.05) is 58.8 Å². The molecule has 1 aliphatic carbocycles. The first kappa shape index (κ1) is 29.1. The number of ether oxygens (including phenoxy) is 1. The van der Waals surface area contributed by atoms with Crippen LogP contribution in [0.15, 0.2) is 0 Å². The van der Waals surface area contributed by atoms with Crippen LogP contribution in [0, 0.1) is 17.3 Å². The first-order chi connectivity index (χ1) is 17.2. The van der Waals surface area contributed by atoms with Crippen LogP contribution in [0.1, 0.15) is 99.3 Å². The third kappa shape index (κ3) is 7.11. The molecule has 3 aliphatic rings. The summed E-state index contributed by atoms with van der Waals surface area (Å²) in [6.07, 6.45) is 6.66. The van der Waals surface area contributed by atoms with Crippen molar-refractivity contribution in [2.45, 2.75) is 123 Å². The van der Waals surface area contributed by atoms with Gasteiger partial charge < -0.3 is 20.3 Å². The van der Waals surface area contributed by atoms with Gasteiger partial charge in [0.25, 0.3) is 0 Å². The van der Waals surface area contributed by atoms with Crippen molar-refractivity contribution in [3.05, 3.63) is 0 Å². The number of rotatable bonds is 3. The second-order valence-corrected chi connectivity index (χ2v) is 12.6. The minimum absolute atomic E-state index is 0.0365. The molecule has 1 saturated carbocycles. The number of hydrogen-bond acceptors (Lipinski definition) is 6. The quantitative estimate of drug-likeness (QED) is 0.550. The lowest BCUT2D eigenvalue weighted by Crippen LogP contribution is -2.58. The summed E-state index contributed by atoms with van der Waals surface area (Å²) in [7, 11) is 0. The minimum atomic E-state index is -0.883. The van der Waals surface area contributed by atoms with Gasteiger partial charge in [-0.25, -0.2) is 4.79 Å². The number of carbonyl (C=O) groups excluding carboxylic acids is 5. The molecule has 3 amide bonds. The number of nitrogens with one attached hydrogen (secondary N) is 2. The van der Waals surface area contributed by atoms with Crippen LogP contribution in [0.4, 0.5) is 4.79 Å². The van der Waals surface area contributed by atoms with E-state index in [0.717, 1.165) is 44.9 Å². The number of alkyl carbamates (subject to hydrolysis) is 1. The van der Waals surface area contributed by atoms with Gasteiger partial charge in [0.1, 0.15) is 17.7 Å². The first-order valence-corrected chi connectivity index (χ1v) is 13.9. The molecule has 3 fully saturated rings. The summed E-state index contributed by atoms with van der Waals surface area (Å²) in [5.74, 6) is -1.74. The second kappa shape index (κ2) is 11.5. The van der Waals surface area contributed by atoms with Crippen LogP contribution >= 0.6 is 0 Å². The van der Waals surface area contributed by atoms with E-state index in [-0.39, 0.29) is 23.2 Å². The Morgan fingerprint density at radius 2 is 1.54 bits per heavy atom. The lowest BCUT2D eigenvalue weighted by Gasteiger charge is -2.34. The number of amides is 3. The highest BCUT2D eigenvalue weighted by molar-refractivity contribution is 6.38. The standard InChI is InChI=1S/C28H45N3O6/c1-17(32)23(33)19-14-12-10-8-7-9-11-13-15-20(30-26(36)37-27(2,3)4)25(35)31-16-18-21(28(18,5)6)22(31)24(34)29-19/h18-22H,7-16H2,1-6H3,(H,29,34)(H,30,36)/t18-,19-,20-,21-,22-/m0/s1. The Balaban J connectivity index is 1.86. The van der Waals surface area contributed by atoms with Gasteiger partial charge in [0.2, 0.25) is 17.6 Å². The summed E-state index contributed by atoms with van der Waals surface area (Å²) >= 11 is 0. The highest BCUT2D eigenvalue weighted by atomic mass is 16.6. The molecule has 0 spiro atoms. The molecule has 2 heterocycles. The van der Waals surface area contributed by atoms with Gasteiger partial charge in [0.15, 0.2) is 5.78 Å². The lowest BCUT2D eigenvalue weighted by atomic mass is 9.96. The van der Waals surface area contributed by atoms with Crippen molar-refractivity contribution < 1.29 is 28.7 Å². The summed E-state index contributed by atoms with van der Waals surface area (Å²) in [6.45, 7) is 11.1. The molecule has 9 heteroatoms. The minimum Gasteiger partial charge on any atom is -0.444 e. The Kier molecular flexibility index (Phi) is 9.06. The van der Waals surface area contributed by atoms with Crippen LogP contribution in [-0.2, 0) is 23.9 Å². The van der Waals surface area contributed by atoms with E-state index < -0.39 is 47.3 Å². The maximum Gasteiger partial charge on any atom is 0.408 e. The molecule has 208 valence electrons. The van der Waals surface area contributed by atoms with Gasteiger partial charge >= 0.3 is 6.09 Å². The van der Waals surface area contributed by atoms with Crippen molar-refractivity contribution >= 4 is 29.5 Å². The van der Waals surface area contributed by atoms with Crippen molar-refractivity contribution in [3.8, 4) is 0 Å². The molecule has 2 saturated heterocycles. The zero-order valence-corrected chi connectivity index (χ0v) is 23.4. The maximum atomic E-state index is 13.8. The normalized spacial score (nSPS) is 31.0. The number of carbonyl (C=O) groups is 5. The molecule has 3 rings (SSSR count). The fourth-order valence-electron chi connectivity index (χ4n) is 6.07. The third-order valence-electron chi connectivity index (χ3n) is 8.21. The number of Topliss-reactive ketones (excluding diaryl/α,β-unsaturated/α-hetero) is 2. The van der Waals surface area contributed by atoms with Gasteiger partial charge in [-0.3, -0.25) is 19.2 Å². The largest absolute Gasteiger partial charge is 0.444 e. The molecule has 0 bridgehead atoms. The summed E-state index contributed by atoms with van der Waals surface area (Å²) in [5.41, 5.74) is -0.806. The fourth-order valence-corrected chi connectivity index (χ4v) is 6.07. The van der Waals surface area contributed by atoms with Gasteiger partial charge in [-0.15, -0.1) is 0 Å². The fraction of sp³-hybridized carbons (Fsp3) is 0.821. The number of fused-ring (bicyclic) bond motifs is 3. The van der Waals surface area contributed by atoms with Crippen LogP contribution in [0.5, 0.6) is 0 Å². The molecular formula is C28H45N3O6. The maximum absolute atomic E-state index is 13.8. The van der Waals surface area contributed by atoms with Crippen LogP contribution in [0.3, 0.4) is 0 Å². The highest BCUT2D eigenvalue weighted by Crippen LogP contribution is 2.65. The summed E-state index contributed by atoms with van der Waals surface area (Å²) in [5, 5.41) is 5.60. The Bertz CT molecular complexity index is 908. The van der Waals surface area contributed by atoms with Gasteiger partial charge in [0, 0.05) is 13.5 Å². The average Bonchev–Trinajstić information content (AvgIpc) is 3.12. The molecule has 2 N–H and O–H groups in total. The van der Waals surface area contributed by atoms with Crippen molar-refractivity contribution in [1.29, 1.82) is 0 Å². The molecule has 0 radical (unpaired) electrons. The smallest absolute Gasteiger partial charge is 0.408 e. The van der Waals surface area contributed by atoms with Gasteiger partial charge in [-0.05, 0) is 50.9 Å². The zero-order valence-electron chi connectivity index (χ0n) is 23.4. The van der Waals surface area contributed by atoms with E-state index in [2.05, 4.69) is 24.5 Å². The second-order valence-electron chi connectivity index (χ2n) is 12.6. The van der Waals surface area contributed by atoms with Crippen LogP contribution < -0.4 is 10.6 Å². The topological polar surface area (TPSA) is 122 Å². The Morgan fingerprint density at radius 1 is 0.973 bits per heavy atom. The number of hydrogen-bond donors (Lipinski definition) is 2. The van der Waals surface area contributed by atoms with E-state index in [9.17, 15) is 24.0 Å². The summed E-state index contributed by atoms with van der Waals surface area (Å²) in [4.78, 5) is 66.2. The molecule has 0 aromatic carbocycles. The summed E-state index contributed by atoms with van der Waals surface area (Å²) < 4.78 is 5.42. The van der Waals surface area contributed by atoms with E-state index in [1.165, 1.54) is 6.92 Å². The Labute approximate surface area is 220 Å². The van der Waals surface area contributed by atoms with Crippen molar-refractivity contribution in [3.63, 3.8) is 0 Å². The van der Waals surface area contributed by atoms with Crippen molar-refractivity contribution in [2.75, 3.05) is 6.54 Å². The predicted molar refractivity (Wildman–Crippen MR) is 139 cm³/mol. The van der Waals surface area contributed by atoms with Crippen LogP contribution in [0.2, 0.25) is 0 Å². The van der Waals surface area contributed by atoms with Gasteiger partial charge in [0.05, 0.1) is 6.04 Å². The molecule has 2 aliphatic heterocycles.